The molecule has 5 nitrogen and oxygen atoms in total. The van der Waals surface area contributed by atoms with E-state index >= 15 is 0 Å². The van der Waals surface area contributed by atoms with E-state index in [-0.39, 0.29) is 16.2 Å². The molecule has 0 aliphatic heterocycles. The Morgan fingerprint density at radius 1 is 0.917 bits per heavy atom. The summed E-state index contributed by atoms with van der Waals surface area (Å²) in [6.07, 6.45) is 7.60. The summed E-state index contributed by atoms with van der Waals surface area (Å²) < 4.78 is 22.1. The summed E-state index contributed by atoms with van der Waals surface area (Å²) in [4.78, 5) is 4.83. The number of imidazole rings is 1. The smallest absolute Gasteiger partial charge is 0.193 e. The molecule has 0 saturated carbocycles. The lowest BCUT2D eigenvalue weighted by Crippen LogP contribution is -2.46. The van der Waals surface area contributed by atoms with Crippen LogP contribution in [0.15, 0.2) is 6.33 Å². The zero-order chi connectivity index (χ0) is 28.4. The summed E-state index contributed by atoms with van der Waals surface area (Å²) in [7, 11) is -5.32. The average Bonchev–Trinajstić information content (AvgIpc) is 3.10. The largest absolute Gasteiger partial charge is 0.414 e. The first kappa shape index (κ1) is 33.3. The summed E-state index contributed by atoms with van der Waals surface area (Å²) in [5.41, 5.74) is 1.33. The van der Waals surface area contributed by atoms with Gasteiger partial charge >= 0.3 is 0 Å². The highest BCUT2D eigenvalue weighted by atomic mass is 28.4. The van der Waals surface area contributed by atoms with E-state index in [2.05, 4.69) is 97.9 Å². The average molecular weight is 553 g/mol. The van der Waals surface area contributed by atoms with Crippen LogP contribution in [0.3, 0.4) is 0 Å². The number of hydrogen-bond donors (Lipinski definition) is 0. The second kappa shape index (κ2) is 11.6. The Labute approximate surface area is 226 Å². The summed E-state index contributed by atoms with van der Waals surface area (Å²) >= 11 is 0. The molecule has 0 fully saturated rings. The highest BCUT2D eigenvalue weighted by Gasteiger charge is 2.43. The molecule has 0 amide bonds. The Balaban J connectivity index is 3.54. The van der Waals surface area contributed by atoms with Crippen LogP contribution in [-0.4, -0.2) is 47.5 Å². The Bertz CT molecular complexity index is 895. The molecule has 208 valence electrons. The topological polar surface area (TPSA) is 45.5 Å². The van der Waals surface area contributed by atoms with Crippen molar-refractivity contribution in [2.45, 2.75) is 136 Å². The minimum absolute atomic E-state index is 0.0582. The minimum Gasteiger partial charge on any atom is -0.414 e. The monoisotopic (exact) mass is 552 g/mol. The predicted octanol–water partition coefficient (Wildman–Crippen LogP) is 8.19. The molecule has 0 aromatic carbocycles. The van der Waals surface area contributed by atoms with Gasteiger partial charge in [0.15, 0.2) is 16.6 Å². The molecule has 0 spiro atoms. The SMILES string of the molecule is C#CC(C)(C)c1ncn(COCC[Si](C)(C)C)c1C(CO[Si](C)(C)C(C)(C)C)O[Si](C)(C)C(C)(C)C. The normalized spacial score (nSPS) is 15.2. The van der Waals surface area contributed by atoms with E-state index in [4.69, 9.17) is 25.0 Å². The molecular formula is C28H56N2O3Si3. The number of rotatable bonds is 12. The van der Waals surface area contributed by atoms with Crippen LogP contribution >= 0.6 is 0 Å². The van der Waals surface area contributed by atoms with Crippen molar-refractivity contribution >= 4 is 24.7 Å². The maximum absolute atomic E-state index is 7.09. The molecular weight excluding hydrogens is 497 g/mol. The van der Waals surface area contributed by atoms with Crippen molar-refractivity contribution in [3.63, 3.8) is 0 Å². The predicted molar refractivity (Wildman–Crippen MR) is 162 cm³/mol. The minimum atomic E-state index is -2.14. The van der Waals surface area contributed by atoms with Gasteiger partial charge in [0.25, 0.3) is 0 Å². The van der Waals surface area contributed by atoms with Crippen molar-refractivity contribution in [3.05, 3.63) is 17.7 Å². The molecule has 0 radical (unpaired) electrons. The fourth-order valence-electron chi connectivity index (χ4n) is 3.12. The fraction of sp³-hybridized carbons (Fsp3) is 0.821. The van der Waals surface area contributed by atoms with Gasteiger partial charge in [-0.25, -0.2) is 4.98 Å². The molecule has 1 aromatic heterocycles. The van der Waals surface area contributed by atoms with Gasteiger partial charge in [-0.2, -0.15) is 0 Å². The van der Waals surface area contributed by atoms with E-state index < -0.39 is 30.1 Å². The Kier molecular flexibility index (Phi) is 10.7. The van der Waals surface area contributed by atoms with E-state index in [9.17, 15) is 0 Å². The lowest BCUT2D eigenvalue weighted by atomic mass is 9.88. The molecule has 1 rings (SSSR count). The van der Waals surface area contributed by atoms with E-state index in [0.717, 1.165) is 24.0 Å². The first-order chi connectivity index (χ1) is 16.0. The van der Waals surface area contributed by atoms with Gasteiger partial charge in [-0.3, -0.25) is 0 Å². The van der Waals surface area contributed by atoms with Gasteiger partial charge < -0.3 is 18.2 Å². The number of ether oxygens (including phenoxy) is 1. The molecule has 1 aromatic rings. The van der Waals surface area contributed by atoms with Crippen LogP contribution in [0, 0.1) is 12.3 Å². The molecule has 0 aliphatic carbocycles. The van der Waals surface area contributed by atoms with Gasteiger partial charge in [0.2, 0.25) is 0 Å². The third kappa shape index (κ3) is 8.95. The van der Waals surface area contributed by atoms with Gasteiger partial charge in [0, 0.05) is 14.7 Å². The number of terminal acetylenes is 1. The molecule has 36 heavy (non-hydrogen) atoms. The van der Waals surface area contributed by atoms with Crippen LogP contribution in [0.5, 0.6) is 0 Å². The molecule has 8 heteroatoms. The van der Waals surface area contributed by atoms with Crippen molar-refractivity contribution in [1.82, 2.24) is 9.55 Å². The maximum atomic E-state index is 7.09. The second-order valence-electron chi connectivity index (χ2n) is 15.0. The van der Waals surface area contributed by atoms with E-state index in [0.29, 0.717) is 13.3 Å². The van der Waals surface area contributed by atoms with Crippen molar-refractivity contribution < 1.29 is 13.6 Å². The Morgan fingerprint density at radius 3 is 1.89 bits per heavy atom. The lowest BCUT2D eigenvalue weighted by molar-refractivity contribution is 0.0654. The van der Waals surface area contributed by atoms with E-state index in [1.165, 1.54) is 0 Å². The molecule has 0 saturated heterocycles. The first-order valence-electron chi connectivity index (χ1n) is 13.4. The van der Waals surface area contributed by atoms with Gasteiger partial charge in [-0.15, -0.1) is 6.42 Å². The number of hydrogen-bond acceptors (Lipinski definition) is 4. The van der Waals surface area contributed by atoms with Crippen LogP contribution in [-0.2, 0) is 25.7 Å². The van der Waals surface area contributed by atoms with Gasteiger partial charge in [0.05, 0.1) is 29.7 Å². The summed E-state index contributed by atoms with van der Waals surface area (Å²) in [5, 5.41) is 0.165. The van der Waals surface area contributed by atoms with Crippen molar-refractivity contribution in [3.8, 4) is 12.3 Å². The van der Waals surface area contributed by atoms with Gasteiger partial charge in [0.1, 0.15) is 12.8 Å². The van der Waals surface area contributed by atoms with Gasteiger partial charge in [-0.05, 0) is 56.2 Å². The zero-order valence-corrected chi connectivity index (χ0v) is 29.2. The standard InChI is InChI=1S/C28H56N2O3Si3/c1-17-28(8,9)25-24(30(21-29-25)22-31-18-19-34(10,11)12)23(33-36(15,16)27(5,6)7)20-32-35(13,14)26(2,3)4/h1,21,23H,18-20,22H2,2-16H3. The highest BCUT2D eigenvalue weighted by Crippen LogP contribution is 2.43. The van der Waals surface area contributed by atoms with E-state index in [1.807, 2.05) is 20.2 Å². The molecule has 1 atom stereocenters. The van der Waals surface area contributed by atoms with Gasteiger partial charge in [-0.1, -0.05) is 67.1 Å². The lowest BCUT2D eigenvalue weighted by Gasteiger charge is -2.42. The van der Waals surface area contributed by atoms with Crippen molar-refractivity contribution in [2.75, 3.05) is 13.2 Å². The fourth-order valence-corrected chi connectivity index (χ4v) is 6.13. The van der Waals surface area contributed by atoms with E-state index in [1.54, 1.807) is 0 Å². The van der Waals surface area contributed by atoms with Crippen molar-refractivity contribution in [2.24, 2.45) is 0 Å². The molecule has 0 bridgehead atoms. The first-order valence-corrected chi connectivity index (χ1v) is 22.9. The Morgan fingerprint density at radius 2 is 1.44 bits per heavy atom. The zero-order valence-electron chi connectivity index (χ0n) is 26.2. The van der Waals surface area contributed by atoms with Crippen LogP contribution < -0.4 is 0 Å². The van der Waals surface area contributed by atoms with Crippen LogP contribution in [0.25, 0.3) is 0 Å². The van der Waals surface area contributed by atoms with Crippen LogP contribution in [0.2, 0.25) is 61.9 Å². The maximum Gasteiger partial charge on any atom is 0.193 e. The highest BCUT2D eigenvalue weighted by molar-refractivity contribution is 6.76. The molecule has 0 aliphatic rings. The van der Waals surface area contributed by atoms with Crippen molar-refractivity contribution in [1.29, 1.82) is 0 Å². The number of aromatic nitrogens is 2. The third-order valence-corrected chi connectivity index (χ3v) is 18.7. The van der Waals surface area contributed by atoms with Crippen LogP contribution in [0.4, 0.5) is 0 Å². The second-order valence-corrected chi connectivity index (χ2v) is 30.2. The molecule has 0 N–H and O–H groups in total. The summed E-state index contributed by atoms with van der Waals surface area (Å²) in [6, 6.07) is 1.12. The summed E-state index contributed by atoms with van der Waals surface area (Å²) in [6.45, 7) is 35.7. The Hall–Kier alpha value is -0.699. The summed E-state index contributed by atoms with van der Waals surface area (Å²) in [5.74, 6) is 2.96. The third-order valence-electron chi connectivity index (χ3n) is 8.01. The molecule has 1 unspecified atom stereocenters. The molecule has 1 heterocycles. The number of nitrogens with zero attached hydrogens (tertiary/aromatic N) is 2. The quantitative estimate of drug-likeness (QED) is 0.149. The van der Waals surface area contributed by atoms with Crippen LogP contribution in [0.1, 0.15) is 72.9 Å².